The quantitative estimate of drug-likeness (QED) is 0.553. The first kappa shape index (κ1) is 16.5. The number of amides is 1. The number of para-hydroxylation sites is 1. The fourth-order valence-electron chi connectivity index (χ4n) is 2.98. The van der Waals surface area contributed by atoms with Crippen LogP contribution in [0.15, 0.2) is 60.2 Å². The van der Waals surface area contributed by atoms with Gasteiger partial charge in [0.2, 0.25) is 0 Å². The lowest BCUT2D eigenvalue weighted by atomic mass is 10.2. The molecule has 26 heavy (non-hydrogen) atoms. The Balaban J connectivity index is 1.67. The zero-order valence-corrected chi connectivity index (χ0v) is 15.2. The summed E-state index contributed by atoms with van der Waals surface area (Å²) < 4.78 is 2.27. The van der Waals surface area contributed by atoms with Crippen molar-refractivity contribution in [2.45, 2.75) is 19.9 Å². The summed E-state index contributed by atoms with van der Waals surface area (Å²) in [6, 6.07) is 14.0. The van der Waals surface area contributed by atoms with Crippen LogP contribution in [-0.4, -0.2) is 20.4 Å². The van der Waals surface area contributed by atoms with Gasteiger partial charge in [-0.3, -0.25) is 9.78 Å². The summed E-state index contributed by atoms with van der Waals surface area (Å²) in [5, 5.41) is 6.67. The van der Waals surface area contributed by atoms with Crippen LogP contribution in [0.2, 0.25) is 0 Å². The van der Waals surface area contributed by atoms with Gasteiger partial charge in [-0.15, -0.1) is 11.3 Å². The van der Waals surface area contributed by atoms with Crippen molar-refractivity contribution in [3.63, 3.8) is 0 Å². The lowest BCUT2D eigenvalue weighted by Gasteiger charge is -2.07. The largest absolute Gasteiger partial charge is 0.339 e. The first-order chi connectivity index (χ1) is 12.8. The lowest BCUT2D eigenvalue weighted by molar-refractivity contribution is 0.102. The van der Waals surface area contributed by atoms with Crippen LogP contribution in [0, 0.1) is 0 Å². The zero-order chi connectivity index (χ0) is 17.9. The Hall–Kier alpha value is -2.99. The number of aryl methyl sites for hydroxylation is 1. The number of pyridine rings is 1. The highest BCUT2D eigenvalue weighted by Gasteiger charge is 2.16. The maximum absolute atomic E-state index is 12.4. The highest BCUT2D eigenvalue weighted by molar-refractivity contribution is 7.13. The molecule has 0 bridgehead atoms. The molecule has 1 aromatic carbocycles. The van der Waals surface area contributed by atoms with Gasteiger partial charge in [0.15, 0.2) is 0 Å². The van der Waals surface area contributed by atoms with E-state index < -0.39 is 0 Å². The van der Waals surface area contributed by atoms with Gasteiger partial charge in [-0.05, 0) is 30.7 Å². The number of fused-ring (bicyclic) bond motifs is 1. The summed E-state index contributed by atoms with van der Waals surface area (Å²) in [6.45, 7) is 3.08. The van der Waals surface area contributed by atoms with Crippen molar-refractivity contribution in [3.05, 3.63) is 65.9 Å². The number of nitrogens with one attached hydrogen (secondary N) is 1. The van der Waals surface area contributed by atoms with Gasteiger partial charge in [-0.25, -0.2) is 4.98 Å². The molecule has 0 aliphatic heterocycles. The second-order valence-electron chi connectivity index (χ2n) is 5.97. The second kappa shape index (κ2) is 7.09. The molecule has 1 amide bonds. The Labute approximate surface area is 155 Å². The minimum atomic E-state index is -0.223. The Morgan fingerprint density at radius 1 is 1.23 bits per heavy atom. The van der Waals surface area contributed by atoms with Gasteiger partial charge >= 0.3 is 0 Å². The number of rotatable bonds is 5. The van der Waals surface area contributed by atoms with Crippen LogP contribution in [0.25, 0.3) is 21.6 Å². The van der Waals surface area contributed by atoms with Gasteiger partial charge in [-0.2, -0.15) is 0 Å². The van der Waals surface area contributed by atoms with E-state index in [0.29, 0.717) is 11.4 Å². The maximum Gasteiger partial charge on any atom is 0.275 e. The number of hydrogen-bond donors (Lipinski definition) is 1. The van der Waals surface area contributed by atoms with E-state index in [1.165, 1.54) is 22.2 Å². The predicted octanol–water partition coefficient (Wildman–Crippen LogP) is 4.82. The summed E-state index contributed by atoms with van der Waals surface area (Å²) in [5.74, 6) is -0.223. The molecular weight excluding hydrogens is 344 g/mol. The number of benzene rings is 1. The first-order valence-corrected chi connectivity index (χ1v) is 9.40. The number of carbonyl (C=O) groups excluding carboxylic acids is 1. The smallest absolute Gasteiger partial charge is 0.275 e. The van der Waals surface area contributed by atoms with E-state index >= 15 is 0 Å². The van der Waals surface area contributed by atoms with Crippen LogP contribution in [-0.2, 0) is 6.54 Å². The van der Waals surface area contributed by atoms with Crippen molar-refractivity contribution < 1.29 is 4.79 Å². The number of thiazole rings is 1. The molecule has 0 fully saturated rings. The Morgan fingerprint density at radius 2 is 2.12 bits per heavy atom. The molecule has 0 atom stereocenters. The van der Waals surface area contributed by atoms with Crippen LogP contribution < -0.4 is 5.32 Å². The predicted molar refractivity (Wildman–Crippen MR) is 106 cm³/mol. The molecule has 4 rings (SSSR count). The molecule has 0 unspecified atom stereocenters. The molecular formula is C20H18N4OS. The van der Waals surface area contributed by atoms with E-state index in [4.69, 9.17) is 0 Å². The van der Waals surface area contributed by atoms with Gasteiger partial charge in [-0.1, -0.05) is 25.1 Å². The van der Waals surface area contributed by atoms with Crippen LogP contribution in [0.1, 0.15) is 23.8 Å². The van der Waals surface area contributed by atoms with E-state index in [9.17, 15) is 4.79 Å². The van der Waals surface area contributed by atoms with E-state index in [1.54, 1.807) is 29.9 Å². The zero-order valence-electron chi connectivity index (χ0n) is 14.3. The minimum absolute atomic E-state index is 0.223. The first-order valence-electron chi connectivity index (χ1n) is 8.52. The van der Waals surface area contributed by atoms with Crippen molar-refractivity contribution in [1.82, 2.24) is 14.5 Å². The van der Waals surface area contributed by atoms with Gasteiger partial charge in [0, 0.05) is 29.0 Å². The average molecular weight is 362 g/mol. The van der Waals surface area contributed by atoms with Crippen LogP contribution >= 0.6 is 11.3 Å². The fourth-order valence-corrected chi connectivity index (χ4v) is 3.80. The Kier molecular flexibility index (Phi) is 4.50. The molecule has 130 valence electrons. The van der Waals surface area contributed by atoms with Crippen LogP contribution in [0.3, 0.4) is 0 Å². The van der Waals surface area contributed by atoms with E-state index in [2.05, 4.69) is 45.0 Å². The molecule has 0 spiro atoms. The van der Waals surface area contributed by atoms with E-state index in [-0.39, 0.29) is 5.91 Å². The fraction of sp³-hybridized carbons (Fsp3) is 0.150. The molecule has 6 heteroatoms. The van der Waals surface area contributed by atoms with Crippen molar-refractivity contribution in [3.8, 4) is 10.7 Å². The number of anilines is 1. The summed E-state index contributed by atoms with van der Waals surface area (Å²) in [7, 11) is 0. The summed E-state index contributed by atoms with van der Waals surface area (Å²) in [5.41, 5.74) is 3.33. The average Bonchev–Trinajstić information content (AvgIpc) is 3.28. The summed E-state index contributed by atoms with van der Waals surface area (Å²) in [6.07, 6.45) is 4.32. The molecule has 0 aliphatic rings. The highest BCUT2D eigenvalue weighted by Crippen LogP contribution is 2.31. The molecule has 0 saturated carbocycles. The third kappa shape index (κ3) is 3.11. The summed E-state index contributed by atoms with van der Waals surface area (Å²) in [4.78, 5) is 21.0. The van der Waals surface area contributed by atoms with Crippen molar-refractivity contribution in [2.24, 2.45) is 0 Å². The third-order valence-electron chi connectivity index (χ3n) is 4.13. The molecule has 0 saturated heterocycles. The molecule has 3 aromatic heterocycles. The standard InChI is InChI=1S/C20H18N4OS/c1-2-10-24-17-8-4-3-6-14(17)11-18(24)20-23-16(13-26-20)19(25)22-15-7-5-9-21-12-15/h3-9,11-13H,2,10H2,1H3,(H,22,25). The molecule has 5 nitrogen and oxygen atoms in total. The second-order valence-corrected chi connectivity index (χ2v) is 6.83. The van der Waals surface area contributed by atoms with Gasteiger partial charge in [0.25, 0.3) is 5.91 Å². The monoisotopic (exact) mass is 362 g/mol. The molecule has 4 aromatic rings. The van der Waals surface area contributed by atoms with E-state index in [0.717, 1.165) is 23.7 Å². The number of nitrogens with zero attached hydrogens (tertiary/aromatic N) is 3. The van der Waals surface area contributed by atoms with Gasteiger partial charge in [0.05, 0.1) is 17.6 Å². The van der Waals surface area contributed by atoms with Gasteiger partial charge in [0.1, 0.15) is 10.7 Å². The maximum atomic E-state index is 12.4. The van der Waals surface area contributed by atoms with Crippen molar-refractivity contribution >= 4 is 33.8 Å². The lowest BCUT2D eigenvalue weighted by Crippen LogP contribution is -2.12. The molecule has 0 radical (unpaired) electrons. The van der Waals surface area contributed by atoms with Crippen LogP contribution in [0.5, 0.6) is 0 Å². The summed E-state index contributed by atoms with van der Waals surface area (Å²) >= 11 is 1.49. The molecule has 1 N–H and O–H groups in total. The third-order valence-corrected chi connectivity index (χ3v) is 5.00. The molecule has 3 heterocycles. The Bertz CT molecular complexity index is 1050. The molecule has 0 aliphatic carbocycles. The van der Waals surface area contributed by atoms with Gasteiger partial charge < -0.3 is 9.88 Å². The van der Waals surface area contributed by atoms with Crippen molar-refractivity contribution in [1.29, 1.82) is 0 Å². The van der Waals surface area contributed by atoms with Crippen molar-refractivity contribution in [2.75, 3.05) is 5.32 Å². The number of carbonyl (C=O) groups is 1. The normalized spacial score (nSPS) is 11.0. The highest BCUT2D eigenvalue weighted by atomic mass is 32.1. The Morgan fingerprint density at radius 3 is 2.92 bits per heavy atom. The SMILES string of the molecule is CCCn1c(-c2nc(C(=O)Nc3cccnc3)cs2)cc2ccccc21. The number of hydrogen-bond acceptors (Lipinski definition) is 4. The van der Waals surface area contributed by atoms with E-state index in [1.807, 2.05) is 12.1 Å². The minimum Gasteiger partial charge on any atom is -0.339 e. The van der Waals surface area contributed by atoms with Crippen LogP contribution in [0.4, 0.5) is 5.69 Å². The topological polar surface area (TPSA) is 59.8 Å². The number of aromatic nitrogens is 3.